The van der Waals surface area contributed by atoms with E-state index >= 15 is 0 Å². The third-order valence-corrected chi connectivity index (χ3v) is 5.61. The molecule has 1 aromatic rings. The molecule has 0 bridgehead atoms. The smallest absolute Gasteiger partial charge is 0.244 e. The van der Waals surface area contributed by atoms with Gasteiger partial charge in [-0.05, 0) is 37.3 Å². The molecule has 25 heavy (non-hydrogen) atoms. The Hall–Kier alpha value is -2.17. The highest BCUT2D eigenvalue weighted by Crippen LogP contribution is 2.45. The molecular weight excluding hydrogens is 316 g/mol. The molecule has 1 saturated carbocycles. The molecule has 0 aromatic heterocycles. The van der Waals surface area contributed by atoms with Gasteiger partial charge in [0.2, 0.25) is 17.7 Å². The zero-order chi connectivity index (χ0) is 18.0. The van der Waals surface area contributed by atoms with Gasteiger partial charge in [0.25, 0.3) is 0 Å². The van der Waals surface area contributed by atoms with Crippen molar-refractivity contribution in [2.45, 2.75) is 58.8 Å². The van der Waals surface area contributed by atoms with E-state index in [1.165, 1.54) is 4.90 Å². The van der Waals surface area contributed by atoms with Gasteiger partial charge in [-0.25, -0.2) is 0 Å². The maximum Gasteiger partial charge on any atom is 0.244 e. The molecule has 1 aliphatic heterocycles. The number of carbonyl (C=O) groups excluding carboxylic acids is 3. The largest absolute Gasteiger partial charge is 0.324 e. The van der Waals surface area contributed by atoms with Crippen molar-refractivity contribution >= 4 is 23.4 Å². The number of benzene rings is 1. The van der Waals surface area contributed by atoms with E-state index in [0.29, 0.717) is 0 Å². The van der Waals surface area contributed by atoms with Crippen LogP contribution in [-0.4, -0.2) is 29.2 Å². The highest BCUT2D eigenvalue weighted by molar-refractivity contribution is 6.09. The maximum absolute atomic E-state index is 12.8. The predicted molar refractivity (Wildman–Crippen MR) is 96.0 cm³/mol. The molecule has 5 nitrogen and oxygen atoms in total. The molecule has 0 unspecified atom stereocenters. The number of anilines is 1. The number of nitrogens with zero attached hydrogens (tertiary/aromatic N) is 1. The van der Waals surface area contributed by atoms with Gasteiger partial charge in [0.1, 0.15) is 6.54 Å². The highest BCUT2D eigenvalue weighted by Gasteiger charge is 2.51. The number of hydrogen-bond acceptors (Lipinski definition) is 3. The summed E-state index contributed by atoms with van der Waals surface area (Å²) >= 11 is 0. The number of hydrogen-bond donors (Lipinski definition) is 1. The molecule has 5 heteroatoms. The number of para-hydroxylation sites is 1. The van der Waals surface area contributed by atoms with Crippen molar-refractivity contribution < 1.29 is 14.4 Å². The fourth-order valence-electron chi connectivity index (χ4n) is 4.16. The van der Waals surface area contributed by atoms with Crippen LogP contribution in [0.1, 0.15) is 56.6 Å². The summed E-state index contributed by atoms with van der Waals surface area (Å²) in [5.74, 6) is -0.658. The predicted octanol–water partition coefficient (Wildman–Crippen LogP) is 3.21. The van der Waals surface area contributed by atoms with Gasteiger partial charge in [-0.3, -0.25) is 19.3 Å². The minimum Gasteiger partial charge on any atom is -0.324 e. The number of amides is 3. The van der Waals surface area contributed by atoms with E-state index in [-0.39, 0.29) is 30.7 Å². The molecule has 3 amide bonds. The molecule has 0 radical (unpaired) electrons. The van der Waals surface area contributed by atoms with E-state index in [9.17, 15) is 14.4 Å². The molecule has 2 fully saturated rings. The monoisotopic (exact) mass is 342 g/mol. The lowest BCUT2D eigenvalue weighted by Gasteiger charge is -2.30. The summed E-state index contributed by atoms with van der Waals surface area (Å²) in [7, 11) is 0. The average molecular weight is 342 g/mol. The number of rotatable bonds is 4. The average Bonchev–Trinajstić information content (AvgIpc) is 2.81. The Bertz CT molecular complexity index is 705. The molecule has 134 valence electrons. The van der Waals surface area contributed by atoms with Gasteiger partial charge < -0.3 is 5.32 Å². The van der Waals surface area contributed by atoms with Gasteiger partial charge in [0, 0.05) is 12.1 Å². The van der Waals surface area contributed by atoms with Crippen molar-refractivity contribution in [1.29, 1.82) is 0 Å². The molecule has 0 atom stereocenters. The van der Waals surface area contributed by atoms with Gasteiger partial charge in [-0.15, -0.1) is 0 Å². The summed E-state index contributed by atoms with van der Waals surface area (Å²) in [6, 6.07) is 5.88. The van der Waals surface area contributed by atoms with Crippen LogP contribution >= 0.6 is 0 Å². The Morgan fingerprint density at radius 3 is 2.60 bits per heavy atom. The van der Waals surface area contributed by atoms with Crippen molar-refractivity contribution in [2.75, 3.05) is 11.9 Å². The maximum atomic E-state index is 12.8. The second-order valence-electron chi connectivity index (χ2n) is 7.31. The number of carbonyl (C=O) groups is 3. The van der Waals surface area contributed by atoms with E-state index in [0.717, 1.165) is 55.3 Å². The molecule has 3 rings (SSSR count). The summed E-state index contributed by atoms with van der Waals surface area (Å²) in [4.78, 5) is 38.8. The van der Waals surface area contributed by atoms with E-state index in [2.05, 4.69) is 5.32 Å². The minimum absolute atomic E-state index is 0.146. The molecule has 1 N–H and O–H groups in total. The number of nitrogens with one attached hydrogen (secondary N) is 1. The van der Waals surface area contributed by atoms with Crippen LogP contribution in [0.25, 0.3) is 0 Å². The Morgan fingerprint density at radius 1 is 1.20 bits per heavy atom. The van der Waals surface area contributed by atoms with E-state index < -0.39 is 5.41 Å². The van der Waals surface area contributed by atoms with Crippen molar-refractivity contribution in [1.82, 2.24) is 4.90 Å². The van der Waals surface area contributed by atoms with Crippen LogP contribution in [0.2, 0.25) is 0 Å². The summed E-state index contributed by atoms with van der Waals surface area (Å²) in [5, 5.41) is 2.90. The fraction of sp³-hybridized carbons (Fsp3) is 0.550. The number of likely N-dealkylation sites (tertiary alicyclic amines) is 1. The Morgan fingerprint density at radius 2 is 1.92 bits per heavy atom. The van der Waals surface area contributed by atoms with Gasteiger partial charge in [0.05, 0.1) is 5.41 Å². The summed E-state index contributed by atoms with van der Waals surface area (Å²) in [6.07, 6.45) is 5.72. The Kier molecular flexibility index (Phi) is 4.93. The van der Waals surface area contributed by atoms with Crippen LogP contribution in [0.3, 0.4) is 0 Å². The van der Waals surface area contributed by atoms with Gasteiger partial charge in [0.15, 0.2) is 0 Å². The van der Waals surface area contributed by atoms with Crippen LogP contribution in [0, 0.1) is 12.3 Å². The molecule has 1 heterocycles. The lowest BCUT2D eigenvalue weighted by molar-refractivity contribution is -0.144. The van der Waals surface area contributed by atoms with Crippen LogP contribution < -0.4 is 5.32 Å². The quantitative estimate of drug-likeness (QED) is 0.855. The lowest BCUT2D eigenvalue weighted by atomic mass is 9.73. The van der Waals surface area contributed by atoms with Crippen LogP contribution in [0.15, 0.2) is 18.2 Å². The molecule has 1 spiro atoms. The van der Waals surface area contributed by atoms with Gasteiger partial charge in [-0.2, -0.15) is 0 Å². The second-order valence-corrected chi connectivity index (χ2v) is 7.31. The first kappa shape index (κ1) is 17.6. The first-order valence-electron chi connectivity index (χ1n) is 9.20. The summed E-state index contributed by atoms with van der Waals surface area (Å²) in [5.41, 5.74) is 2.29. The van der Waals surface area contributed by atoms with E-state index in [1.54, 1.807) is 0 Å². The van der Waals surface area contributed by atoms with E-state index in [4.69, 9.17) is 0 Å². The van der Waals surface area contributed by atoms with Crippen molar-refractivity contribution in [3.05, 3.63) is 29.3 Å². The summed E-state index contributed by atoms with van der Waals surface area (Å²) < 4.78 is 0. The molecule has 1 aromatic carbocycles. The molecule has 1 saturated heterocycles. The Labute approximate surface area is 148 Å². The van der Waals surface area contributed by atoms with Crippen molar-refractivity contribution in [3.8, 4) is 0 Å². The molecule has 1 aliphatic carbocycles. The van der Waals surface area contributed by atoms with Gasteiger partial charge >= 0.3 is 0 Å². The normalized spacial score (nSPS) is 19.5. The summed E-state index contributed by atoms with van der Waals surface area (Å²) in [6.45, 7) is 3.79. The van der Waals surface area contributed by atoms with Crippen molar-refractivity contribution in [3.63, 3.8) is 0 Å². The van der Waals surface area contributed by atoms with E-state index in [1.807, 2.05) is 32.0 Å². The highest BCUT2D eigenvalue weighted by atomic mass is 16.2. The fourth-order valence-corrected chi connectivity index (χ4v) is 4.16. The molecular formula is C20H26N2O3. The third kappa shape index (κ3) is 3.32. The van der Waals surface area contributed by atoms with Crippen molar-refractivity contribution in [2.24, 2.45) is 5.41 Å². The van der Waals surface area contributed by atoms with Crippen LogP contribution in [0.4, 0.5) is 5.69 Å². The number of aryl methyl sites for hydroxylation is 2. The standard InChI is InChI=1S/C20H26N2O3/c1-3-15-9-7-8-14(2)18(15)21-16(23)13-22-17(24)12-20(19(22)25)10-5-4-6-11-20/h7-9H,3-6,10-13H2,1-2H3,(H,21,23). The van der Waals surface area contributed by atoms with Crippen LogP contribution in [0.5, 0.6) is 0 Å². The van der Waals surface area contributed by atoms with Crippen LogP contribution in [-0.2, 0) is 20.8 Å². The third-order valence-electron chi connectivity index (χ3n) is 5.61. The minimum atomic E-state index is -0.535. The van der Waals surface area contributed by atoms with Gasteiger partial charge in [-0.1, -0.05) is 44.4 Å². The number of imide groups is 1. The SMILES string of the molecule is CCc1cccc(C)c1NC(=O)CN1C(=O)CC2(CCCCC2)C1=O. The topological polar surface area (TPSA) is 66.5 Å². The second kappa shape index (κ2) is 6.98. The molecule has 2 aliphatic rings. The first-order valence-corrected chi connectivity index (χ1v) is 9.20. The first-order chi connectivity index (χ1) is 12.0. The zero-order valence-electron chi connectivity index (χ0n) is 15.1. The lowest BCUT2D eigenvalue weighted by Crippen LogP contribution is -2.41. The zero-order valence-corrected chi connectivity index (χ0v) is 15.1. The Balaban J connectivity index is 1.71.